The molecule has 0 bridgehead atoms. The van der Waals surface area contributed by atoms with Crippen molar-refractivity contribution in [3.05, 3.63) is 60.8 Å². The van der Waals surface area contributed by atoms with E-state index >= 15 is 0 Å². The van der Waals surface area contributed by atoms with E-state index in [1.807, 2.05) is 0 Å². The molecule has 7 nitrogen and oxygen atoms in total. The molecule has 2 aromatic carbocycles. The van der Waals surface area contributed by atoms with Gasteiger partial charge in [-0.25, -0.2) is 0 Å². The summed E-state index contributed by atoms with van der Waals surface area (Å²) in [6.45, 7) is 1.32. The molecule has 2 amide bonds. The number of benzene rings is 2. The number of nitrogens with one attached hydrogen (secondary N) is 1. The number of hydrogen-bond donors (Lipinski definition) is 1. The van der Waals surface area contributed by atoms with Gasteiger partial charge in [-0.3, -0.25) is 9.59 Å². The summed E-state index contributed by atoms with van der Waals surface area (Å²) < 4.78 is 31.0. The molecule has 0 aromatic heterocycles. The van der Waals surface area contributed by atoms with E-state index in [9.17, 15) is 18.0 Å². The minimum absolute atomic E-state index is 0.0486. The summed E-state index contributed by atoms with van der Waals surface area (Å²) in [6, 6.07) is 8.76. The Morgan fingerprint density at radius 1 is 1.20 bits per heavy atom. The molecule has 156 valence electrons. The Balaban J connectivity index is 1.85. The fourth-order valence-electron chi connectivity index (χ4n) is 2.27. The molecule has 0 saturated heterocycles. The molecule has 0 aliphatic carbocycles. The van der Waals surface area contributed by atoms with E-state index < -0.39 is 16.0 Å². The Bertz CT molecular complexity index is 1190. The number of halogens is 3. The van der Waals surface area contributed by atoms with E-state index in [2.05, 4.69) is 42.2 Å². The summed E-state index contributed by atoms with van der Waals surface area (Å²) in [7, 11) is -4.09. The molecule has 1 N–H and O–H groups in total. The van der Waals surface area contributed by atoms with Crippen molar-refractivity contribution in [3.8, 4) is 5.75 Å². The van der Waals surface area contributed by atoms with Crippen LogP contribution in [-0.2, 0) is 19.7 Å². The summed E-state index contributed by atoms with van der Waals surface area (Å²) >= 11 is 13.4. The Morgan fingerprint density at radius 2 is 1.80 bits per heavy atom. The third kappa shape index (κ3) is 5.52. The fourth-order valence-corrected chi connectivity index (χ4v) is 5.81. The summed E-state index contributed by atoms with van der Waals surface area (Å²) in [6.07, 6.45) is 1.57. The van der Waals surface area contributed by atoms with E-state index in [0.29, 0.717) is 24.4 Å². The molecule has 1 aliphatic rings. The predicted octanol–water partition coefficient (Wildman–Crippen LogP) is 4.74. The van der Waals surface area contributed by atoms with Gasteiger partial charge in [0.15, 0.2) is 10.9 Å². The Labute approximate surface area is 198 Å². The van der Waals surface area contributed by atoms with Crippen molar-refractivity contribution < 1.29 is 22.2 Å². The van der Waals surface area contributed by atoms with Crippen molar-refractivity contribution in [2.24, 2.45) is 4.99 Å². The van der Waals surface area contributed by atoms with Crippen LogP contribution < -0.4 is 9.50 Å². The lowest BCUT2D eigenvalue weighted by Crippen LogP contribution is -2.23. The second-order valence-electron chi connectivity index (χ2n) is 5.82. The normalized spacial score (nSPS) is 15.3. The lowest BCUT2D eigenvalue weighted by molar-refractivity contribution is -0.117. The van der Waals surface area contributed by atoms with Crippen LogP contribution in [0.15, 0.2) is 60.1 Å². The lowest BCUT2D eigenvalue weighted by Gasteiger charge is -2.11. The van der Waals surface area contributed by atoms with Gasteiger partial charge in [0.2, 0.25) is 5.91 Å². The zero-order chi connectivity index (χ0) is 22.1. The van der Waals surface area contributed by atoms with Crippen molar-refractivity contribution in [1.29, 1.82) is 0 Å². The standard InChI is InChI=1S/C18H11Br2ClN2O5S2/c1-9(24)22-18-23-17(25)15(29-18)8-10-6-13(19)16(14(20)7-10)28-30(26,27)12-4-2-11(21)3-5-12/h2-8H,1H3,(H,22,23,24,25)/b15-8+. The largest absolute Gasteiger partial charge is 0.377 e. The third-order valence-corrected chi connectivity index (χ3v) is 7.08. The van der Waals surface area contributed by atoms with Gasteiger partial charge in [-0.2, -0.15) is 13.4 Å². The first-order valence-electron chi connectivity index (χ1n) is 8.04. The first kappa shape index (κ1) is 23.0. The average Bonchev–Trinajstić information content (AvgIpc) is 2.97. The van der Waals surface area contributed by atoms with Gasteiger partial charge < -0.3 is 9.50 Å². The molecule has 0 saturated carbocycles. The number of carbonyl (C=O) groups is 2. The Hall–Kier alpha value is -1.66. The van der Waals surface area contributed by atoms with E-state index in [0.717, 1.165) is 11.8 Å². The molecular formula is C18H11Br2ClN2O5S2. The second kappa shape index (κ2) is 9.23. The van der Waals surface area contributed by atoms with Crippen molar-refractivity contribution >= 4 is 88.4 Å². The maximum absolute atomic E-state index is 12.5. The van der Waals surface area contributed by atoms with Crippen molar-refractivity contribution in [3.63, 3.8) is 0 Å². The Kier molecular flexibility index (Phi) is 7.08. The van der Waals surface area contributed by atoms with Gasteiger partial charge in [0, 0.05) is 11.9 Å². The number of amides is 2. The van der Waals surface area contributed by atoms with Gasteiger partial charge in [-0.1, -0.05) is 11.6 Å². The van der Waals surface area contributed by atoms with Crippen LogP contribution in [0.2, 0.25) is 5.02 Å². The molecule has 1 heterocycles. The maximum atomic E-state index is 12.5. The van der Waals surface area contributed by atoms with Gasteiger partial charge in [0.1, 0.15) is 4.90 Å². The van der Waals surface area contributed by atoms with Crippen molar-refractivity contribution in [2.45, 2.75) is 11.8 Å². The second-order valence-corrected chi connectivity index (χ2v) is 10.5. The zero-order valence-corrected chi connectivity index (χ0v) is 20.5. The van der Waals surface area contributed by atoms with Crippen LogP contribution in [0.3, 0.4) is 0 Å². The number of nitrogens with zero attached hydrogens (tertiary/aromatic N) is 1. The minimum Gasteiger partial charge on any atom is -0.377 e. The smallest absolute Gasteiger partial charge is 0.339 e. The first-order valence-corrected chi connectivity index (χ1v) is 12.2. The van der Waals surface area contributed by atoms with Crippen molar-refractivity contribution in [1.82, 2.24) is 5.32 Å². The average molecular weight is 595 g/mol. The fraction of sp³-hybridized carbons (Fsp3) is 0.0556. The van der Waals surface area contributed by atoms with Crippen LogP contribution in [0.25, 0.3) is 6.08 Å². The molecule has 0 spiro atoms. The summed E-state index contributed by atoms with van der Waals surface area (Å²) in [4.78, 5) is 27.1. The zero-order valence-electron chi connectivity index (χ0n) is 15.0. The number of rotatable bonds is 4. The molecule has 0 atom stereocenters. The number of thioether (sulfide) groups is 1. The highest BCUT2D eigenvalue weighted by molar-refractivity contribution is 9.11. The van der Waals surface area contributed by atoms with Gasteiger partial charge in [0.05, 0.1) is 13.9 Å². The molecule has 0 radical (unpaired) electrons. The first-order chi connectivity index (χ1) is 14.0. The minimum atomic E-state index is -4.09. The predicted molar refractivity (Wildman–Crippen MR) is 123 cm³/mol. The molecule has 0 fully saturated rings. The highest BCUT2D eigenvalue weighted by Gasteiger charge is 2.24. The van der Waals surface area contributed by atoms with E-state index in [4.69, 9.17) is 15.8 Å². The van der Waals surface area contributed by atoms with Crippen LogP contribution in [0, 0.1) is 0 Å². The summed E-state index contributed by atoms with van der Waals surface area (Å²) in [5.41, 5.74) is 0.583. The van der Waals surface area contributed by atoms with Crippen LogP contribution in [0.1, 0.15) is 12.5 Å². The van der Waals surface area contributed by atoms with Gasteiger partial charge in [-0.05, 0) is 91.7 Å². The number of aliphatic imine (C=N–C) groups is 1. The monoisotopic (exact) mass is 592 g/mol. The van der Waals surface area contributed by atoms with Gasteiger partial charge in [0.25, 0.3) is 5.91 Å². The molecular weight excluding hydrogens is 584 g/mol. The number of amidine groups is 1. The maximum Gasteiger partial charge on any atom is 0.339 e. The van der Waals surface area contributed by atoms with Gasteiger partial charge in [-0.15, -0.1) is 0 Å². The van der Waals surface area contributed by atoms with Crippen LogP contribution in [0.4, 0.5) is 0 Å². The molecule has 1 aliphatic heterocycles. The highest BCUT2D eigenvalue weighted by atomic mass is 79.9. The molecule has 2 aromatic rings. The van der Waals surface area contributed by atoms with Gasteiger partial charge >= 0.3 is 10.1 Å². The third-order valence-electron chi connectivity index (χ3n) is 3.52. The van der Waals surface area contributed by atoms with E-state index in [1.54, 1.807) is 18.2 Å². The number of hydrogen-bond acceptors (Lipinski definition) is 6. The lowest BCUT2D eigenvalue weighted by atomic mass is 10.2. The summed E-state index contributed by atoms with van der Waals surface area (Å²) in [5, 5.41) is 3.06. The topological polar surface area (TPSA) is 102 Å². The Morgan fingerprint density at radius 3 is 2.37 bits per heavy atom. The highest BCUT2D eigenvalue weighted by Crippen LogP contribution is 2.38. The molecule has 0 unspecified atom stereocenters. The molecule has 30 heavy (non-hydrogen) atoms. The quantitative estimate of drug-likeness (QED) is 0.406. The van der Waals surface area contributed by atoms with E-state index in [1.165, 1.54) is 31.2 Å². The molecule has 12 heteroatoms. The van der Waals surface area contributed by atoms with Crippen LogP contribution in [-0.4, -0.2) is 25.4 Å². The van der Waals surface area contributed by atoms with Crippen LogP contribution in [0.5, 0.6) is 5.75 Å². The molecule has 3 rings (SSSR count). The summed E-state index contributed by atoms with van der Waals surface area (Å²) in [5.74, 6) is -0.765. The number of carbonyl (C=O) groups excluding carboxylic acids is 2. The van der Waals surface area contributed by atoms with E-state index in [-0.39, 0.29) is 21.7 Å². The SMILES string of the molecule is CC(=O)NC1=NC(=O)/C(=C\c2cc(Br)c(OS(=O)(=O)c3ccc(Cl)cc3)c(Br)c2)S1. The van der Waals surface area contributed by atoms with Crippen LogP contribution >= 0.6 is 55.2 Å². The van der Waals surface area contributed by atoms with Crippen molar-refractivity contribution in [2.75, 3.05) is 0 Å².